The molecule has 0 bridgehead atoms. The number of benzene rings is 1. The number of hydrogen-bond acceptors (Lipinski definition) is 6. The molecule has 1 N–H and O–H groups in total. The van der Waals surface area contributed by atoms with Crippen molar-refractivity contribution < 1.29 is 9.72 Å². The highest BCUT2D eigenvalue weighted by molar-refractivity contribution is 7.16. The Bertz CT molecular complexity index is 946. The Balaban J connectivity index is 1.61. The summed E-state index contributed by atoms with van der Waals surface area (Å²) in [6.07, 6.45) is 2.61. The Morgan fingerprint density at radius 3 is 2.69 bits per heavy atom. The monoisotopic (exact) mass is 371 g/mol. The van der Waals surface area contributed by atoms with Crippen molar-refractivity contribution in [2.24, 2.45) is 0 Å². The van der Waals surface area contributed by atoms with E-state index in [9.17, 15) is 14.9 Å². The van der Waals surface area contributed by atoms with Gasteiger partial charge in [0.05, 0.1) is 10.6 Å². The number of amides is 1. The minimum Gasteiger partial charge on any atom is -0.302 e. The number of nitrogens with zero attached hydrogens (tertiary/aromatic N) is 4. The first-order chi connectivity index (χ1) is 12.4. The Hall–Kier alpha value is -3.07. The van der Waals surface area contributed by atoms with Crippen molar-refractivity contribution in [2.75, 3.05) is 5.32 Å². The fourth-order valence-corrected chi connectivity index (χ4v) is 3.25. The van der Waals surface area contributed by atoms with Gasteiger partial charge in [-0.15, -0.1) is 11.3 Å². The maximum atomic E-state index is 12.1. The van der Waals surface area contributed by atoms with Gasteiger partial charge in [0.1, 0.15) is 12.4 Å². The Morgan fingerprint density at radius 2 is 2.04 bits per heavy atom. The molecule has 2 heterocycles. The zero-order valence-electron chi connectivity index (χ0n) is 14.3. The quantitative estimate of drug-likeness (QED) is 0.527. The van der Waals surface area contributed by atoms with Crippen LogP contribution in [0.3, 0.4) is 0 Å². The number of anilines is 1. The number of nitrogens with one attached hydrogen (secondary N) is 1. The molecule has 3 aromatic rings. The molecular formula is C17H17N5O3S. The third-order valence-electron chi connectivity index (χ3n) is 3.77. The fourth-order valence-electron chi connectivity index (χ4n) is 2.40. The topological polar surface area (TPSA) is 103 Å². The molecule has 0 aliphatic rings. The molecule has 2 aromatic heterocycles. The summed E-state index contributed by atoms with van der Waals surface area (Å²) in [7, 11) is 0. The molecule has 0 fully saturated rings. The summed E-state index contributed by atoms with van der Waals surface area (Å²) in [5, 5.41) is 17.8. The van der Waals surface area contributed by atoms with Crippen LogP contribution in [0.25, 0.3) is 11.3 Å². The third kappa shape index (κ3) is 4.12. The van der Waals surface area contributed by atoms with Gasteiger partial charge in [-0.2, -0.15) is 5.10 Å². The summed E-state index contributed by atoms with van der Waals surface area (Å²) in [5.74, 6) is -0.215. The van der Waals surface area contributed by atoms with Crippen molar-refractivity contribution in [1.82, 2.24) is 14.8 Å². The predicted molar refractivity (Wildman–Crippen MR) is 99.2 cm³/mol. The number of aryl methyl sites for hydroxylation is 3. The maximum Gasteiger partial charge on any atom is 0.306 e. The third-order valence-corrected chi connectivity index (χ3v) is 4.65. The molecule has 0 unspecified atom stereocenters. The molecule has 1 aromatic carbocycles. The summed E-state index contributed by atoms with van der Waals surface area (Å²) in [4.78, 5) is 27.7. The Labute approximate surface area is 153 Å². The molecular weight excluding hydrogens is 354 g/mol. The highest BCUT2D eigenvalue weighted by Crippen LogP contribution is 2.30. The van der Waals surface area contributed by atoms with Gasteiger partial charge < -0.3 is 5.32 Å². The molecule has 0 aliphatic carbocycles. The van der Waals surface area contributed by atoms with Crippen molar-refractivity contribution in [2.45, 2.75) is 26.8 Å². The Kier molecular flexibility index (Phi) is 5.08. The number of aromatic nitrogens is 3. The first-order valence-electron chi connectivity index (χ1n) is 7.93. The lowest BCUT2D eigenvalue weighted by Gasteiger charge is -2.02. The molecule has 0 atom stereocenters. The first kappa shape index (κ1) is 17.7. The maximum absolute atomic E-state index is 12.1. The molecule has 0 saturated carbocycles. The van der Waals surface area contributed by atoms with Crippen LogP contribution in [0.15, 0.2) is 36.7 Å². The molecule has 8 nitrogen and oxygen atoms in total. The van der Waals surface area contributed by atoms with Gasteiger partial charge in [0, 0.05) is 23.4 Å². The summed E-state index contributed by atoms with van der Waals surface area (Å²) >= 11 is 1.42. The van der Waals surface area contributed by atoms with E-state index in [4.69, 9.17) is 0 Å². The average Bonchev–Trinajstić information content (AvgIpc) is 3.21. The minimum absolute atomic E-state index is 0.0938. The Morgan fingerprint density at radius 1 is 1.31 bits per heavy atom. The number of carbonyl (C=O) groups is 1. The van der Waals surface area contributed by atoms with Crippen molar-refractivity contribution in [1.29, 1.82) is 0 Å². The molecule has 134 valence electrons. The number of carbonyl (C=O) groups excluding carboxylic acids is 1. The van der Waals surface area contributed by atoms with Crippen LogP contribution >= 0.6 is 11.3 Å². The van der Waals surface area contributed by atoms with Gasteiger partial charge in [-0.25, -0.2) is 4.98 Å². The van der Waals surface area contributed by atoms with E-state index < -0.39 is 4.92 Å². The average molecular weight is 371 g/mol. The highest BCUT2D eigenvalue weighted by atomic mass is 32.1. The van der Waals surface area contributed by atoms with Crippen molar-refractivity contribution in [3.05, 3.63) is 57.2 Å². The number of rotatable bonds is 6. The van der Waals surface area contributed by atoms with Crippen molar-refractivity contribution in [3.63, 3.8) is 0 Å². The second kappa shape index (κ2) is 7.44. The largest absolute Gasteiger partial charge is 0.306 e. The van der Waals surface area contributed by atoms with Gasteiger partial charge in [-0.05, 0) is 13.8 Å². The number of nitro groups is 1. The van der Waals surface area contributed by atoms with Crippen LogP contribution in [0.5, 0.6) is 0 Å². The lowest BCUT2D eigenvalue weighted by Crippen LogP contribution is -2.14. The molecule has 26 heavy (non-hydrogen) atoms. The smallest absolute Gasteiger partial charge is 0.302 e. The summed E-state index contributed by atoms with van der Waals surface area (Å²) in [6.45, 7) is 4.25. The van der Waals surface area contributed by atoms with Crippen LogP contribution in [0.4, 0.5) is 10.8 Å². The normalized spacial score (nSPS) is 10.7. The van der Waals surface area contributed by atoms with E-state index in [0.717, 1.165) is 22.3 Å². The van der Waals surface area contributed by atoms with Crippen LogP contribution in [0.2, 0.25) is 0 Å². The standard InChI is InChI=1S/C17H17N5O3S/c1-11-3-5-13(6-4-11)16-12(2)26-17(20-16)19-15(23)7-8-21-10-14(9-18-21)22(24)25/h3-6,9-10H,7-8H2,1-2H3,(H,19,20,23). The van der Waals surface area contributed by atoms with E-state index in [1.54, 1.807) is 0 Å². The second-order valence-corrected chi connectivity index (χ2v) is 7.01. The van der Waals surface area contributed by atoms with Crippen molar-refractivity contribution >= 4 is 28.1 Å². The van der Waals surface area contributed by atoms with Gasteiger partial charge in [-0.3, -0.25) is 19.6 Å². The van der Waals surface area contributed by atoms with Gasteiger partial charge >= 0.3 is 5.69 Å². The second-order valence-electron chi connectivity index (χ2n) is 5.81. The molecule has 3 rings (SSSR count). The lowest BCUT2D eigenvalue weighted by molar-refractivity contribution is -0.385. The zero-order valence-corrected chi connectivity index (χ0v) is 15.1. The van der Waals surface area contributed by atoms with E-state index in [1.165, 1.54) is 27.8 Å². The van der Waals surface area contributed by atoms with Gasteiger partial charge in [0.25, 0.3) is 0 Å². The highest BCUT2D eigenvalue weighted by Gasteiger charge is 2.13. The molecule has 0 saturated heterocycles. The van der Waals surface area contributed by atoms with Gasteiger partial charge in [0.15, 0.2) is 5.13 Å². The van der Waals surface area contributed by atoms with E-state index >= 15 is 0 Å². The van der Waals surface area contributed by atoms with Crippen LogP contribution in [0, 0.1) is 24.0 Å². The molecule has 0 spiro atoms. The first-order valence-corrected chi connectivity index (χ1v) is 8.75. The van der Waals surface area contributed by atoms with E-state index in [1.807, 2.05) is 38.1 Å². The SMILES string of the molecule is Cc1ccc(-c2nc(NC(=O)CCn3cc([N+](=O)[O-])cn3)sc2C)cc1. The van der Waals surface area contributed by atoms with Crippen LogP contribution in [-0.2, 0) is 11.3 Å². The van der Waals surface area contributed by atoms with Crippen LogP contribution in [-0.4, -0.2) is 25.6 Å². The summed E-state index contributed by atoms with van der Waals surface area (Å²) in [6, 6.07) is 8.06. The molecule has 0 aliphatic heterocycles. The van der Waals surface area contributed by atoms with Crippen molar-refractivity contribution in [3.8, 4) is 11.3 Å². The predicted octanol–water partition coefficient (Wildman–Crippen LogP) is 3.56. The van der Waals surface area contributed by atoms with E-state index in [2.05, 4.69) is 15.4 Å². The molecule has 0 radical (unpaired) electrons. The van der Waals surface area contributed by atoms with Gasteiger partial charge in [-0.1, -0.05) is 29.8 Å². The lowest BCUT2D eigenvalue weighted by atomic mass is 10.1. The minimum atomic E-state index is -0.519. The fraction of sp³-hybridized carbons (Fsp3) is 0.235. The van der Waals surface area contributed by atoms with E-state index in [-0.39, 0.29) is 24.6 Å². The molecule has 9 heteroatoms. The molecule has 1 amide bonds. The van der Waals surface area contributed by atoms with Gasteiger partial charge in [0.2, 0.25) is 5.91 Å². The summed E-state index contributed by atoms with van der Waals surface area (Å²) in [5.41, 5.74) is 2.94. The van der Waals surface area contributed by atoms with E-state index in [0.29, 0.717) is 5.13 Å². The summed E-state index contributed by atoms with van der Waals surface area (Å²) < 4.78 is 1.38. The van der Waals surface area contributed by atoms with Crippen LogP contribution in [0.1, 0.15) is 16.9 Å². The zero-order chi connectivity index (χ0) is 18.7. The number of thiazole rings is 1. The number of hydrogen-bond donors (Lipinski definition) is 1. The van der Waals surface area contributed by atoms with Crippen LogP contribution < -0.4 is 5.32 Å².